The largest absolute Gasteiger partial charge is 0.494 e. The third-order valence-electron chi connectivity index (χ3n) is 3.35. The Kier molecular flexibility index (Phi) is 5.46. The van der Waals surface area contributed by atoms with Crippen LogP contribution in [0.4, 0.5) is 4.39 Å². The average Bonchev–Trinajstić information content (AvgIpc) is 2.46. The SMILES string of the molecule is CCOc1ccnc([C@@H](O)[C@@H](N)Cc2cc(C)cc(F)c2)c1. The van der Waals surface area contributed by atoms with Gasteiger partial charge in [-0.3, -0.25) is 4.98 Å². The van der Waals surface area contributed by atoms with Crippen molar-refractivity contribution in [3.05, 3.63) is 59.2 Å². The molecular weight excluding hydrogens is 283 g/mol. The molecule has 0 fully saturated rings. The number of pyridine rings is 1. The van der Waals surface area contributed by atoms with Crippen LogP contribution in [0.3, 0.4) is 0 Å². The molecule has 2 aromatic rings. The number of nitrogens with zero attached hydrogens (tertiary/aromatic N) is 1. The van der Waals surface area contributed by atoms with Crippen LogP contribution < -0.4 is 10.5 Å². The molecule has 1 aromatic carbocycles. The first-order valence-electron chi connectivity index (χ1n) is 7.28. The monoisotopic (exact) mass is 304 g/mol. The second-order valence-corrected chi connectivity index (χ2v) is 5.30. The number of aryl methyl sites for hydroxylation is 1. The quantitative estimate of drug-likeness (QED) is 0.860. The molecule has 3 N–H and O–H groups in total. The highest BCUT2D eigenvalue weighted by Crippen LogP contribution is 2.21. The Morgan fingerprint density at radius 2 is 2.09 bits per heavy atom. The molecule has 0 radical (unpaired) electrons. The summed E-state index contributed by atoms with van der Waals surface area (Å²) < 4.78 is 18.8. The second kappa shape index (κ2) is 7.33. The molecule has 22 heavy (non-hydrogen) atoms. The molecule has 0 saturated carbocycles. The molecule has 0 unspecified atom stereocenters. The van der Waals surface area contributed by atoms with E-state index in [2.05, 4.69) is 4.98 Å². The molecule has 2 rings (SSSR count). The summed E-state index contributed by atoms with van der Waals surface area (Å²) >= 11 is 0. The molecule has 0 aliphatic carbocycles. The number of aliphatic hydroxyl groups excluding tert-OH is 1. The lowest BCUT2D eigenvalue weighted by molar-refractivity contribution is 0.141. The smallest absolute Gasteiger partial charge is 0.123 e. The Morgan fingerprint density at radius 1 is 1.32 bits per heavy atom. The molecule has 5 heteroatoms. The molecule has 0 aliphatic heterocycles. The fraction of sp³-hybridized carbons (Fsp3) is 0.353. The lowest BCUT2D eigenvalue weighted by atomic mass is 9.98. The molecule has 0 spiro atoms. The number of aromatic nitrogens is 1. The van der Waals surface area contributed by atoms with E-state index in [-0.39, 0.29) is 5.82 Å². The van der Waals surface area contributed by atoms with Gasteiger partial charge in [0.25, 0.3) is 0 Å². The standard InChI is InChI=1S/C17H21FN2O2/c1-3-22-14-4-5-20-16(10-14)17(21)15(19)9-12-6-11(2)7-13(18)8-12/h4-8,10,15,17,21H,3,9,19H2,1-2H3/t15-,17-/m0/s1. The van der Waals surface area contributed by atoms with E-state index >= 15 is 0 Å². The number of hydrogen-bond acceptors (Lipinski definition) is 4. The molecule has 0 amide bonds. The van der Waals surface area contributed by atoms with Crippen molar-refractivity contribution in [2.24, 2.45) is 5.73 Å². The molecule has 2 atom stereocenters. The Labute approximate surface area is 129 Å². The second-order valence-electron chi connectivity index (χ2n) is 5.30. The van der Waals surface area contributed by atoms with E-state index in [1.165, 1.54) is 12.1 Å². The van der Waals surface area contributed by atoms with Gasteiger partial charge in [0, 0.05) is 18.3 Å². The first-order valence-corrected chi connectivity index (χ1v) is 7.28. The van der Waals surface area contributed by atoms with E-state index in [1.807, 2.05) is 19.9 Å². The van der Waals surface area contributed by atoms with E-state index in [0.29, 0.717) is 24.5 Å². The third kappa shape index (κ3) is 4.26. The minimum atomic E-state index is -0.941. The first kappa shape index (κ1) is 16.4. The van der Waals surface area contributed by atoms with Gasteiger partial charge in [-0.15, -0.1) is 0 Å². The van der Waals surface area contributed by atoms with Crippen LogP contribution >= 0.6 is 0 Å². The van der Waals surface area contributed by atoms with Gasteiger partial charge in [-0.1, -0.05) is 6.07 Å². The summed E-state index contributed by atoms with van der Waals surface area (Å²) in [6, 6.07) is 7.57. The van der Waals surface area contributed by atoms with Crippen LogP contribution in [0, 0.1) is 12.7 Å². The summed E-state index contributed by atoms with van der Waals surface area (Å²) in [5.41, 5.74) is 8.08. The van der Waals surface area contributed by atoms with Crippen LogP contribution in [0.25, 0.3) is 0 Å². The van der Waals surface area contributed by atoms with Gasteiger partial charge in [0.15, 0.2) is 0 Å². The summed E-state index contributed by atoms with van der Waals surface area (Å²) in [6.45, 7) is 4.24. The zero-order chi connectivity index (χ0) is 16.1. The summed E-state index contributed by atoms with van der Waals surface area (Å²) in [4.78, 5) is 4.14. The van der Waals surface area contributed by atoms with Crippen LogP contribution in [-0.4, -0.2) is 22.7 Å². The lowest BCUT2D eigenvalue weighted by Crippen LogP contribution is -2.31. The summed E-state index contributed by atoms with van der Waals surface area (Å²) in [5, 5.41) is 10.3. The van der Waals surface area contributed by atoms with Crippen molar-refractivity contribution < 1.29 is 14.2 Å². The zero-order valence-corrected chi connectivity index (χ0v) is 12.8. The van der Waals surface area contributed by atoms with Crippen LogP contribution in [0.2, 0.25) is 0 Å². The van der Waals surface area contributed by atoms with Crippen LogP contribution in [0.1, 0.15) is 29.8 Å². The van der Waals surface area contributed by atoms with Crippen molar-refractivity contribution in [2.45, 2.75) is 32.4 Å². The predicted molar refractivity (Wildman–Crippen MR) is 83.2 cm³/mol. The van der Waals surface area contributed by atoms with Crippen LogP contribution in [0.15, 0.2) is 36.5 Å². The molecule has 0 bridgehead atoms. The highest BCUT2D eigenvalue weighted by molar-refractivity contribution is 5.27. The minimum Gasteiger partial charge on any atom is -0.494 e. The van der Waals surface area contributed by atoms with Crippen molar-refractivity contribution in [1.82, 2.24) is 4.98 Å². The lowest BCUT2D eigenvalue weighted by Gasteiger charge is -2.19. The number of benzene rings is 1. The summed E-state index contributed by atoms with van der Waals surface area (Å²) in [6.07, 6.45) is 0.993. The fourth-order valence-electron chi connectivity index (χ4n) is 2.38. The van der Waals surface area contributed by atoms with E-state index in [4.69, 9.17) is 10.5 Å². The fourth-order valence-corrected chi connectivity index (χ4v) is 2.38. The van der Waals surface area contributed by atoms with Gasteiger partial charge in [0.1, 0.15) is 17.7 Å². The highest BCUT2D eigenvalue weighted by Gasteiger charge is 2.19. The van der Waals surface area contributed by atoms with Crippen molar-refractivity contribution in [3.8, 4) is 5.75 Å². The Balaban J connectivity index is 2.11. The van der Waals surface area contributed by atoms with Crippen molar-refractivity contribution in [1.29, 1.82) is 0 Å². The topological polar surface area (TPSA) is 68.4 Å². The summed E-state index contributed by atoms with van der Waals surface area (Å²) in [5.74, 6) is 0.341. The third-order valence-corrected chi connectivity index (χ3v) is 3.35. The molecule has 0 saturated heterocycles. The van der Waals surface area contributed by atoms with Gasteiger partial charge in [-0.05, 0) is 49.6 Å². The number of hydrogen-bond donors (Lipinski definition) is 2. The maximum absolute atomic E-state index is 13.4. The molecular formula is C17H21FN2O2. The molecule has 1 aromatic heterocycles. The van der Waals surface area contributed by atoms with Crippen LogP contribution in [0.5, 0.6) is 5.75 Å². The molecule has 118 valence electrons. The van der Waals surface area contributed by atoms with Crippen molar-refractivity contribution >= 4 is 0 Å². The van der Waals surface area contributed by atoms with Crippen molar-refractivity contribution in [2.75, 3.05) is 6.61 Å². The average molecular weight is 304 g/mol. The minimum absolute atomic E-state index is 0.298. The van der Waals surface area contributed by atoms with Gasteiger partial charge in [0.2, 0.25) is 0 Å². The summed E-state index contributed by atoms with van der Waals surface area (Å²) in [7, 11) is 0. The Morgan fingerprint density at radius 3 is 2.77 bits per heavy atom. The van der Waals surface area contributed by atoms with Crippen molar-refractivity contribution in [3.63, 3.8) is 0 Å². The van der Waals surface area contributed by atoms with E-state index in [9.17, 15) is 9.50 Å². The van der Waals surface area contributed by atoms with Gasteiger partial charge >= 0.3 is 0 Å². The number of nitrogens with two attached hydrogens (primary N) is 1. The normalized spacial score (nSPS) is 13.7. The number of rotatable bonds is 6. The van der Waals surface area contributed by atoms with E-state index in [0.717, 1.165) is 11.1 Å². The molecule has 1 heterocycles. The molecule has 0 aliphatic rings. The Bertz CT molecular complexity index is 614. The van der Waals surface area contributed by atoms with E-state index < -0.39 is 12.1 Å². The number of halogens is 1. The maximum Gasteiger partial charge on any atom is 0.123 e. The van der Waals surface area contributed by atoms with Gasteiger partial charge < -0.3 is 15.6 Å². The van der Waals surface area contributed by atoms with Gasteiger partial charge in [-0.2, -0.15) is 0 Å². The number of ether oxygens (including phenoxy) is 1. The zero-order valence-electron chi connectivity index (χ0n) is 12.8. The highest BCUT2D eigenvalue weighted by atomic mass is 19.1. The van der Waals surface area contributed by atoms with Gasteiger partial charge in [-0.25, -0.2) is 4.39 Å². The Hall–Kier alpha value is -1.98. The van der Waals surface area contributed by atoms with Gasteiger partial charge in [0.05, 0.1) is 12.3 Å². The first-order chi connectivity index (χ1) is 10.5. The van der Waals surface area contributed by atoms with Crippen LogP contribution in [-0.2, 0) is 6.42 Å². The van der Waals surface area contributed by atoms with E-state index in [1.54, 1.807) is 18.3 Å². The predicted octanol–water partition coefficient (Wildman–Crippen LogP) is 2.53. The molecule has 4 nitrogen and oxygen atoms in total. The maximum atomic E-state index is 13.4. The number of aliphatic hydroxyl groups is 1.